The first-order valence-electron chi connectivity index (χ1n) is 7.75. The van der Waals surface area contributed by atoms with Crippen LogP contribution in [0.15, 0.2) is 30.5 Å². The molecule has 0 saturated heterocycles. The van der Waals surface area contributed by atoms with Crippen molar-refractivity contribution in [2.24, 2.45) is 7.05 Å². The summed E-state index contributed by atoms with van der Waals surface area (Å²) in [5, 5.41) is 7.98. The molecule has 2 aromatic rings. The van der Waals surface area contributed by atoms with Crippen LogP contribution in [0.5, 0.6) is 11.5 Å². The number of benzene rings is 1. The van der Waals surface area contributed by atoms with Crippen LogP contribution in [0.3, 0.4) is 0 Å². The van der Waals surface area contributed by atoms with E-state index >= 15 is 0 Å². The molecule has 1 atom stereocenters. The number of nitrogens with zero attached hydrogens (tertiary/aromatic N) is 2. The number of ether oxygens (including phenoxy) is 2. The van der Waals surface area contributed by atoms with Gasteiger partial charge in [0, 0.05) is 31.9 Å². The van der Waals surface area contributed by atoms with Gasteiger partial charge in [0.15, 0.2) is 11.5 Å². The normalized spacial score (nSPS) is 17.0. The summed E-state index contributed by atoms with van der Waals surface area (Å²) in [4.78, 5) is 0. The molecule has 1 aromatic heterocycles. The first-order chi connectivity index (χ1) is 10.6. The molecule has 118 valence electrons. The lowest BCUT2D eigenvalue weighted by atomic mass is 10.1. The molecule has 0 fully saturated rings. The molecule has 0 amide bonds. The van der Waals surface area contributed by atoms with E-state index in [-0.39, 0.29) is 6.10 Å². The fourth-order valence-corrected chi connectivity index (χ4v) is 2.71. The van der Waals surface area contributed by atoms with E-state index in [4.69, 9.17) is 9.47 Å². The van der Waals surface area contributed by atoms with Crippen molar-refractivity contribution in [3.8, 4) is 11.5 Å². The van der Waals surface area contributed by atoms with E-state index < -0.39 is 0 Å². The summed E-state index contributed by atoms with van der Waals surface area (Å²) in [5.41, 5.74) is 2.40. The van der Waals surface area contributed by atoms with Crippen LogP contribution in [-0.4, -0.2) is 29.0 Å². The van der Waals surface area contributed by atoms with E-state index in [1.54, 1.807) is 0 Å². The van der Waals surface area contributed by atoms with E-state index in [9.17, 15) is 0 Å². The Morgan fingerprint density at radius 3 is 2.86 bits per heavy atom. The van der Waals surface area contributed by atoms with Crippen molar-refractivity contribution < 1.29 is 9.47 Å². The highest BCUT2D eigenvalue weighted by atomic mass is 16.6. The van der Waals surface area contributed by atoms with Crippen molar-refractivity contribution in [2.75, 3.05) is 13.2 Å². The molecule has 5 heteroatoms. The summed E-state index contributed by atoms with van der Waals surface area (Å²) >= 11 is 0. The minimum Gasteiger partial charge on any atom is -0.486 e. The van der Waals surface area contributed by atoms with Crippen molar-refractivity contribution in [1.29, 1.82) is 0 Å². The second kappa shape index (κ2) is 6.40. The highest BCUT2D eigenvalue weighted by Crippen LogP contribution is 2.30. The molecule has 22 heavy (non-hydrogen) atoms. The standard InChI is InChI=1S/C17H23N3O2/c1-12(2)17-13(10-20(3)19-17)8-18-9-14-11-21-15-6-4-5-7-16(15)22-14/h4-7,10,12,14,18H,8-9,11H2,1-3H3. The highest BCUT2D eigenvalue weighted by molar-refractivity contribution is 5.40. The fourth-order valence-electron chi connectivity index (χ4n) is 2.71. The van der Waals surface area contributed by atoms with Crippen LogP contribution < -0.4 is 14.8 Å². The van der Waals surface area contributed by atoms with Crippen molar-refractivity contribution in [1.82, 2.24) is 15.1 Å². The Morgan fingerprint density at radius 1 is 1.32 bits per heavy atom. The summed E-state index contributed by atoms with van der Waals surface area (Å²) in [7, 11) is 1.96. The van der Waals surface area contributed by atoms with Gasteiger partial charge in [0.2, 0.25) is 0 Å². The molecule has 1 aromatic carbocycles. The summed E-state index contributed by atoms with van der Waals surface area (Å²) in [6.45, 7) is 6.46. The largest absolute Gasteiger partial charge is 0.486 e. The predicted molar refractivity (Wildman–Crippen MR) is 85.4 cm³/mol. The van der Waals surface area contributed by atoms with Crippen LogP contribution in [0.4, 0.5) is 0 Å². The fraction of sp³-hybridized carbons (Fsp3) is 0.471. The molecular formula is C17H23N3O2. The van der Waals surface area contributed by atoms with Crippen LogP contribution in [0.1, 0.15) is 31.0 Å². The van der Waals surface area contributed by atoms with Crippen molar-refractivity contribution in [3.63, 3.8) is 0 Å². The van der Waals surface area contributed by atoms with Crippen LogP contribution in [0.25, 0.3) is 0 Å². The zero-order valence-electron chi connectivity index (χ0n) is 13.4. The lowest BCUT2D eigenvalue weighted by Gasteiger charge is -2.26. The monoisotopic (exact) mass is 301 g/mol. The van der Waals surface area contributed by atoms with Gasteiger partial charge in [0.25, 0.3) is 0 Å². The van der Waals surface area contributed by atoms with Crippen LogP contribution in [0.2, 0.25) is 0 Å². The average Bonchev–Trinajstić information content (AvgIpc) is 2.88. The van der Waals surface area contributed by atoms with E-state index in [1.165, 1.54) is 5.56 Å². The molecule has 1 aliphatic heterocycles. The number of fused-ring (bicyclic) bond motifs is 1. The van der Waals surface area contributed by atoms with Gasteiger partial charge in [0.1, 0.15) is 12.7 Å². The number of aryl methyl sites for hydroxylation is 1. The number of hydrogen-bond acceptors (Lipinski definition) is 4. The van der Waals surface area contributed by atoms with Crippen molar-refractivity contribution in [3.05, 3.63) is 41.7 Å². The number of nitrogens with one attached hydrogen (secondary N) is 1. The van der Waals surface area contributed by atoms with Crippen molar-refractivity contribution >= 4 is 0 Å². The Labute approximate surface area is 131 Å². The Balaban J connectivity index is 1.54. The third-order valence-electron chi connectivity index (χ3n) is 3.74. The Kier molecular flexibility index (Phi) is 4.34. The lowest BCUT2D eigenvalue weighted by Crippen LogP contribution is -2.38. The zero-order chi connectivity index (χ0) is 15.5. The van der Waals surface area contributed by atoms with Crippen molar-refractivity contribution in [2.45, 2.75) is 32.4 Å². The Bertz CT molecular complexity index is 637. The molecule has 3 rings (SSSR count). The maximum absolute atomic E-state index is 5.94. The highest BCUT2D eigenvalue weighted by Gasteiger charge is 2.20. The molecular weight excluding hydrogens is 278 g/mol. The van der Waals surface area contributed by atoms with Gasteiger partial charge in [-0.3, -0.25) is 4.68 Å². The van der Waals surface area contributed by atoms with Gasteiger partial charge in [-0.25, -0.2) is 0 Å². The van der Waals surface area contributed by atoms with Crippen LogP contribution >= 0.6 is 0 Å². The molecule has 0 bridgehead atoms. The summed E-state index contributed by atoms with van der Waals surface area (Å²) in [5.74, 6) is 2.08. The molecule has 5 nitrogen and oxygen atoms in total. The smallest absolute Gasteiger partial charge is 0.161 e. The van der Waals surface area contributed by atoms with Gasteiger partial charge in [-0.1, -0.05) is 26.0 Å². The van der Waals surface area contributed by atoms with Gasteiger partial charge in [-0.2, -0.15) is 5.10 Å². The molecule has 1 unspecified atom stereocenters. The molecule has 1 aliphatic rings. The maximum atomic E-state index is 5.94. The van der Waals surface area contributed by atoms with E-state index in [2.05, 4.69) is 30.5 Å². The number of rotatable bonds is 5. The van der Waals surface area contributed by atoms with Gasteiger partial charge in [0.05, 0.1) is 5.69 Å². The molecule has 2 heterocycles. The van der Waals surface area contributed by atoms with Gasteiger partial charge in [-0.15, -0.1) is 0 Å². The molecule has 0 spiro atoms. The predicted octanol–water partition coefficient (Wildman–Crippen LogP) is 2.47. The minimum atomic E-state index is 0.0362. The zero-order valence-corrected chi connectivity index (χ0v) is 13.4. The summed E-state index contributed by atoms with van der Waals surface area (Å²) in [6.07, 6.45) is 2.12. The Hall–Kier alpha value is -2.01. The molecule has 1 N–H and O–H groups in total. The average molecular weight is 301 g/mol. The van der Waals surface area contributed by atoms with Gasteiger partial charge < -0.3 is 14.8 Å². The third kappa shape index (κ3) is 3.25. The number of aromatic nitrogens is 2. The Morgan fingerprint density at radius 2 is 2.09 bits per heavy atom. The van der Waals surface area contributed by atoms with E-state index in [1.807, 2.05) is 36.0 Å². The minimum absolute atomic E-state index is 0.0362. The summed E-state index contributed by atoms with van der Waals surface area (Å²) in [6, 6.07) is 7.79. The van der Waals surface area contributed by atoms with E-state index in [0.29, 0.717) is 12.5 Å². The van der Waals surface area contributed by atoms with Crippen LogP contribution in [-0.2, 0) is 13.6 Å². The first kappa shape index (κ1) is 14.9. The SMILES string of the molecule is CC(C)c1nn(C)cc1CNCC1COc2ccccc2O1. The topological polar surface area (TPSA) is 48.3 Å². The third-order valence-corrected chi connectivity index (χ3v) is 3.74. The quantitative estimate of drug-likeness (QED) is 0.921. The van der Waals surface area contributed by atoms with Crippen LogP contribution in [0, 0.1) is 0 Å². The molecule has 0 saturated carbocycles. The first-order valence-corrected chi connectivity index (χ1v) is 7.75. The second-order valence-corrected chi connectivity index (χ2v) is 6.00. The summed E-state index contributed by atoms with van der Waals surface area (Å²) < 4.78 is 13.5. The second-order valence-electron chi connectivity index (χ2n) is 6.00. The number of hydrogen-bond donors (Lipinski definition) is 1. The lowest BCUT2D eigenvalue weighted by molar-refractivity contribution is 0.0902. The van der Waals surface area contributed by atoms with Gasteiger partial charge in [-0.05, 0) is 18.1 Å². The molecule has 0 radical (unpaired) electrons. The maximum Gasteiger partial charge on any atom is 0.161 e. The molecule has 0 aliphatic carbocycles. The van der Waals surface area contributed by atoms with E-state index in [0.717, 1.165) is 30.3 Å². The number of para-hydroxylation sites is 2. The van der Waals surface area contributed by atoms with Gasteiger partial charge >= 0.3 is 0 Å².